The van der Waals surface area contributed by atoms with Gasteiger partial charge in [-0.05, 0) is 53.2 Å². The third-order valence-electron chi connectivity index (χ3n) is 6.18. The van der Waals surface area contributed by atoms with Gasteiger partial charge in [-0.1, -0.05) is 12.1 Å². The van der Waals surface area contributed by atoms with E-state index in [2.05, 4.69) is 15.5 Å². The number of fused-ring (bicyclic) bond motifs is 3. The minimum Gasteiger partial charge on any atom is -0.493 e. The summed E-state index contributed by atoms with van der Waals surface area (Å²) < 4.78 is 35.8. The molecule has 1 N–H and O–H groups in total. The van der Waals surface area contributed by atoms with Crippen molar-refractivity contribution in [1.82, 2.24) is 24.8 Å². The summed E-state index contributed by atoms with van der Waals surface area (Å²) in [6.07, 6.45) is 0.904. The first-order valence-electron chi connectivity index (χ1n) is 11.3. The highest BCUT2D eigenvalue weighted by Gasteiger charge is 2.33. The largest absolute Gasteiger partial charge is 0.493 e. The van der Waals surface area contributed by atoms with Crippen molar-refractivity contribution in [2.24, 2.45) is 0 Å². The maximum absolute atomic E-state index is 14.5. The number of methoxy groups -OCH3 is 2. The van der Waals surface area contributed by atoms with Crippen LogP contribution in [0.3, 0.4) is 0 Å². The highest BCUT2D eigenvalue weighted by atomic mass is 19.1. The minimum atomic E-state index is -1.02. The number of rotatable bonds is 8. The molecule has 1 aliphatic rings. The molecule has 5 rings (SSSR count). The molecule has 2 aromatic heterocycles. The van der Waals surface area contributed by atoms with Crippen LogP contribution in [0.15, 0.2) is 54.7 Å². The number of ether oxygens (including phenoxy) is 3. The molecule has 0 saturated heterocycles. The van der Waals surface area contributed by atoms with Gasteiger partial charge in [-0.25, -0.2) is 9.07 Å². The molecule has 0 fully saturated rings. The van der Waals surface area contributed by atoms with Gasteiger partial charge in [0.2, 0.25) is 0 Å². The van der Waals surface area contributed by atoms with Crippen LogP contribution in [-0.4, -0.2) is 50.1 Å². The van der Waals surface area contributed by atoms with Gasteiger partial charge >= 0.3 is 5.97 Å². The molecule has 11 heteroatoms. The predicted octanol–water partition coefficient (Wildman–Crippen LogP) is 3.50. The van der Waals surface area contributed by atoms with Gasteiger partial charge in [-0.15, -0.1) is 5.10 Å². The molecule has 0 aliphatic carbocycles. The molecular formula is C25H24FN5O5. The van der Waals surface area contributed by atoms with Crippen LogP contribution in [0.1, 0.15) is 41.3 Å². The summed E-state index contributed by atoms with van der Waals surface area (Å²) in [6, 6.07) is 13.9. The number of aliphatic carboxylic acids is 1. The van der Waals surface area contributed by atoms with Crippen molar-refractivity contribution < 1.29 is 28.5 Å². The smallest absolute Gasteiger partial charge is 0.311 e. The number of tetrazole rings is 1. The second-order valence-corrected chi connectivity index (χ2v) is 8.27. The van der Waals surface area contributed by atoms with Crippen molar-refractivity contribution in [3.63, 3.8) is 0 Å². The van der Waals surface area contributed by atoms with Crippen molar-refractivity contribution in [3.05, 3.63) is 83.2 Å². The number of hydrogen-bond acceptors (Lipinski definition) is 7. The predicted molar refractivity (Wildman–Crippen MR) is 125 cm³/mol. The van der Waals surface area contributed by atoms with E-state index in [1.54, 1.807) is 26.4 Å². The van der Waals surface area contributed by atoms with Crippen LogP contribution in [0.4, 0.5) is 4.39 Å². The molecule has 0 amide bonds. The van der Waals surface area contributed by atoms with Gasteiger partial charge in [0.1, 0.15) is 24.4 Å². The van der Waals surface area contributed by atoms with Crippen molar-refractivity contribution >= 4 is 5.97 Å². The first-order chi connectivity index (χ1) is 17.5. The maximum atomic E-state index is 14.5. The van der Waals surface area contributed by atoms with Crippen LogP contribution in [0.5, 0.6) is 11.5 Å². The van der Waals surface area contributed by atoms with Crippen LogP contribution in [0, 0.1) is 5.82 Å². The Morgan fingerprint density at radius 2 is 2.00 bits per heavy atom. The lowest BCUT2D eigenvalue weighted by atomic mass is 9.98. The molecule has 4 aromatic rings. The number of halogens is 1. The fourth-order valence-electron chi connectivity index (χ4n) is 4.61. The van der Waals surface area contributed by atoms with Crippen molar-refractivity contribution in [1.29, 1.82) is 0 Å². The number of carboxylic acid groups (broad SMARTS) is 1. The van der Waals surface area contributed by atoms with E-state index < -0.39 is 18.2 Å². The molecule has 186 valence electrons. The van der Waals surface area contributed by atoms with Gasteiger partial charge in [0.05, 0.1) is 25.6 Å². The van der Waals surface area contributed by atoms with Crippen LogP contribution < -0.4 is 9.47 Å². The molecule has 2 aromatic carbocycles. The number of hydrogen-bond donors (Lipinski definition) is 1. The van der Waals surface area contributed by atoms with Crippen LogP contribution in [0.25, 0.3) is 5.69 Å². The normalized spacial score (nSPS) is 16.6. The average Bonchev–Trinajstić information content (AvgIpc) is 3.50. The molecule has 1 aliphatic heterocycles. The summed E-state index contributed by atoms with van der Waals surface area (Å²) >= 11 is 0. The SMILES string of the molecule is COc1cccc([C@H]2O[C@H](CCn3nnnc3CC(=O)O)c3cccn3-c3ccc(F)cc32)c1OC. The fourth-order valence-corrected chi connectivity index (χ4v) is 4.61. The molecular weight excluding hydrogens is 469 g/mol. The number of aromatic nitrogens is 5. The number of carbonyl (C=O) groups is 1. The van der Waals surface area contributed by atoms with Gasteiger partial charge in [-0.2, -0.15) is 0 Å². The molecule has 0 unspecified atom stereocenters. The molecule has 0 spiro atoms. The first-order valence-corrected chi connectivity index (χ1v) is 11.3. The monoisotopic (exact) mass is 493 g/mol. The Balaban J connectivity index is 1.58. The average molecular weight is 493 g/mol. The highest BCUT2D eigenvalue weighted by Crippen LogP contribution is 2.46. The first kappa shape index (κ1) is 23.5. The third-order valence-corrected chi connectivity index (χ3v) is 6.18. The molecule has 0 saturated carbocycles. The molecule has 2 atom stereocenters. The lowest BCUT2D eigenvalue weighted by Gasteiger charge is -2.25. The van der Waals surface area contributed by atoms with Crippen LogP contribution in [-0.2, 0) is 22.5 Å². The van der Waals surface area contributed by atoms with Crippen LogP contribution >= 0.6 is 0 Å². The Hall–Kier alpha value is -4.25. The van der Waals surface area contributed by atoms with Gasteiger partial charge in [0.15, 0.2) is 17.3 Å². The van der Waals surface area contributed by atoms with E-state index in [4.69, 9.17) is 19.3 Å². The zero-order valence-corrected chi connectivity index (χ0v) is 19.7. The zero-order chi connectivity index (χ0) is 25.2. The summed E-state index contributed by atoms with van der Waals surface area (Å²) in [5, 5.41) is 20.5. The van der Waals surface area contributed by atoms with Gasteiger partial charge in [0.25, 0.3) is 0 Å². The molecule has 3 heterocycles. The summed E-state index contributed by atoms with van der Waals surface area (Å²) in [5.41, 5.74) is 2.96. The Kier molecular flexibility index (Phi) is 6.38. The number of nitrogens with zero attached hydrogens (tertiary/aromatic N) is 5. The summed E-state index contributed by atoms with van der Waals surface area (Å²) in [5.74, 6) is -0.127. The van der Waals surface area contributed by atoms with E-state index in [1.807, 2.05) is 35.0 Å². The second-order valence-electron chi connectivity index (χ2n) is 8.27. The quantitative estimate of drug-likeness (QED) is 0.397. The van der Waals surface area contributed by atoms with Gasteiger partial charge < -0.3 is 23.9 Å². The maximum Gasteiger partial charge on any atom is 0.311 e. The third kappa shape index (κ3) is 4.29. The van der Waals surface area contributed by atoms with Crippen molar-refractivity contribution in [2.75, 3.05) is 14.2 Å². The number of benzene rings is 2. The number of carboxylic acids is 1. The van der Waals surface area contributed by atoms with E-state index in [-0.39, 0.29) is 18.1 Å². The van der Waals surface area contributed by atoms with Crippen LogP contribution in [0.2, 0.25) is 0 Å². The Labute approximate surface area is 205 Å². The van der Waals surface area contributed by atoms with Crippen molar-refractivity contribution in [2.45, 2.75) is 31.6 Å². The zero-order valence-electron chi connectivity index (χ0n) is 19.7. The Bertz CT molecular complexity index is 1400. The summed E-state index contributed by atoms with van der Waals surface area (Å²) in [7, 11) is 3.10. The van der Waals surface area contributed by atoms with E-state index in [0.29, 0.717) is 35.6 Å². The van der Waals surface area contributed by atoms with Gasteiger partial charge in [0, 0.05) is 23.9 Å². The van der Waals surface area contributed by atoms with Crippen molar-refractivity contribution in [3.8, 4) is 17.2 Å². The Morgan fingerprint density at radius 1 is 1.14 bits per heavy atom. The minimum absolute atomic E-state index is 0.253. The standard InChI is InChI=1S/C25H24FN5O5/c1-34-21-7-3-5-16(25(21)35-2)24-17-13-15(26)8-9-18(17)30-11-4-6-19(30)20(36-24)10-12-31-22(14-23(32)33)27-28-29-31/h3-9,11,13,20,24H,10,12,14H2,1-2H3,(H,32,33)/t20-,24-/m1/s1. The number of aryl methyl sites for hydroxylation is 1. The fraction of sp³-hybridized carbons (Fsp3) is 0.280. The molecule has 0 bridgehead atoms. The van der Waals surface area contributed by atoms with Gasteiger partial charge in [-0.3, -0.25) is 4.79 Å². The molecule has 0 radical (unpaired) electrons. The lowest BCUT2D eigenvalue weighted by Crippen LogP contribution is -2.16. The summed E-state index contributed by atoms with van der Waals surface area (Å²) in [6.45, 7) is 0.318. The highest BCUT2D eigenvalue weighted by molar-refractivity contribution is 5.68. The summed E-state index contributed by atoms with van der Waals surface area (Å²) in [4.78, 5) is 11.2. The van der Waals surface area contributed by atoms with E-state index in [9.17, 15) is 9.18 Å². The van der Waals surface area contributed by atoms with E-state index in [0.717, 1.165) is 11.4 Å². The molecule has 10 nitrogen and oxygen atoms in total. The lowest BCUT2D eigenvalue weighted by molar-refractivity contribution is -0.136. The second kappa shape index (κ2) is 9.78. The van der Waals surface area contributed by atoms with E-state index in [1.165, 1.54) is 16.8 Å². The Morgan fingerprint density at radius 3 is 2.78 bits per heavy atom. The molecule has 36 heavy (non-hydrogen) atoms. The van der Waals surface area contributed by atoms with E-state index >= 15 is 0 Å². The topological polar surface area (TPSA) is 114 Å². The number of para-hydroxylation sites is 1.